The summed E-state index contributed by atoms with van der Waals surface area (Å²) in [6, 6.07) is 5.13. The van der Waals surface area contributed by atoms with Gasteiger partial charge in [-0.1, -0.05) is 0 Å². The zero-order chi connectivity index (χ0) is 21.6. The van der Waals surface area contributed by atoms with Crippen LogP contribution in [0.2, 0.25) is 0 Å². The number of nitrogen functional groups attached to an aromatic ring is 1. The van der Waals surface area contributed by atoms with Gasteiger partial charge >= 0.3 is 0 Å². The number of nitrogens with one attached hydrogen (secondary N) is 1. The fraction of sp³-hybridized carbons (Fsp3) is 0.300. The van der Waals surface area contributed by atoms with E-state index >= 15 is 0 Å². The number of anilines is 3. The molecule has 2 amide bonds. The number of thiocarbonyl (C=S) groups is 1. The number of piperidine rings is 1. The second-order valence-corrected chi connectivity index (χ2v) is 7.88. The number of pyridine rings is 1. The van der Waals surface area contributed by atoms with E-state index in [9.17, 15) is 18.4 Å². The van der Waals surface area contributed by atoms with Crippen molar-refractivity contribution in [3.05, 3.63) is 47.8 Å². The lowest BCUT2D eigenvalue weighted by molar-refractivity contribution is -0.125. The van der Waals surface area contributed by atoms with Crippen LogP contribution in [0.4, 0.5) is 25.8 Å². The average molecular weight is 431 g/mol. The molecule has 1 aromatic carbocycles. The van der Waals surface area contributed by atoms with E-state index in [-0.39, 0.29) is 17.3 Å². The van der Waals surface area contributed by atoms with Gasteiger partial charge in [-0.15, -0.1) is 0 Å². The molecule has 4 rings (SSSR count). The summed E-state index contributed by atoms with van der Waals surface area (Å²) < 4.78 is 26.8. The third-order valence-corrected chi connectivity index (χ3v) is 5.93. The molecule has 2 aliphatic heterocycles. The number of aromatic nitrogens is 1. The Morgan fingerprint density at radius 3 is 2.73 bits per heavy atom. The maximum absolute atomic E-state index is 13.8. The second kappa shape index (κ2) is 7.28. The summed E-state index contributed by atoms with van der Waals surface area (Å²) in [6.07, 6.45) is 3.38. The van der Waals surface area contributed by atoms with Crippen molar-refractivity contribution in [2.45, 2.75) is 31.7 Å². The van der Waals surface area contributed by atoms with Crippen LogP contribution in [0.1, 0.15) is 36.7 Å². The van der Waals surface area contributed by atoms with Crippen molar-refractivity contribution >= 4 is 46.2 Å². The molecule has 7 nitrogen and oxygen atoms in total. The molecule has 3 N–H and O–H groups in total. The van der Waals surface area contributed by atoms with Gasteiger partial charge in [0, 0.05) is 18.3 Å². The van der Waals surface area contributed by atoms with Crippen LogP contribution in [0.5, 0.6) is 0 Å². The highest BCUT2D eigenvalue weighted by Crippen LogP contribution is 2.40. The maximum Gasteiger partial charge on any atom is 0.277 e. The van der Waals surface area contributed by atoms with E-state index in [0.29, 0.717) is 29.8 Å². The Balaban J connectivity index is 1.59. The summed E-state index contributed by atoms with van der Waals surface area (Å²) in [6.45, 7) is 2.59. The molecule has 0 spiro atoms. The smallest absolute Gasteiger partial charge is 0.277 e. The number of amides is 2. The van der Waals surface area contributed by atoms with Crippen LogP contribution in [-0.2, 0) is 4.79 Å². The van der Waals surface area contributed by atoms with Gasteiger partial charge in [0.1, 0.15) is 11.4 Å². The van der Waals surface area contributed by atoms with Gasteiger partial charge in [-0.2, -0.15) is 0 Å². The van der Waals surface area contributed by atoms with Gasteiger partial charge in [0.15, 0.2) is 16.6 Å². The number of hydrogen-bond acceptors (Lipinski definition) is 5. The number of rotatable bonds is 3. The molecule has 1 unspecified atom stereocenters. The molecule has 2 aliphatic rings. The first-order valence-electron chi connectivity index (χ1n) is 9.40. The zero-order valence-electron chi connectivity index (χ0n) is 16.1. The minimum Gasteiger partial charge on any atom is -0.397 e. The predicted octanol–water partition coefficient (Wildman–Crippen LogP) is 3.07. The lowest BCUT2D eigenvalue weighted by Gasteiger charge is -2.36. The van der Waals surface area contributed by atoms with E-state index in [1.54, 1.807) is 6.07 Å². The Morgan fingerprint density at radius 1 is 1.30 bits per heavy atom. The first kappa shape index (κ1) is 20.1. The highest BCUT2D eigenvalue weighted by atomic mass is 32.1. The summed E-state index contributed by atoms with van der Waals surface area (Å²) in [5.74, 6) is -2.94. The monoisotopic (exact) mass is 431 g/mol. The van der Waals surface area contributed by atoms with Gasteiger partial charge in [0.05, 0.1) is 17.6 Å². The topological polar surface area (TPSA) is 91.6 Å². The van der Waals surface area contributed by atoms with Crippen LogP contribution in [0.25, 0.3) is 0 Å². The number of halogens is 2. The van der Waals surface area contributed by atoms with Crippen LogP contribution in [0, 0.1) is 11.6 Å². The highest BCUT2D eigenvalue weighted by Gasteiger charge is 2.53. The van der Waals surface area contributed by atoms with E-state index in [1.807, 2.05) is 11.8 Å². The van der Waals surface area contributed by atoms with Gasteiger partial charge in [-0.25, -0.2) is 13.8 Å². The van der Waals surface area contributed by atoms with Crippen molar-refractivity contribution in [3.63, 3.8) is 0 Å². The molecule has 2 aromatic rings. The Labute approximate surface area is 176 Å². The second-order valence-electron chi connectivity index (χ2n) is 7.52. The molecule has 2 fully saturated rings. The van der Waals surface area contributed by atoms with Crippen LogP contribution < -0.4 is 16.0 Å². The SMILES string of the molecule is CC12CCCCN1C(=S)N(c1ccc(NC(=O)c3ncc(F)cc3F)cc1N)C2=O. The molecule has 3 heterocycles. The van der Waals surface area contributed by atoms with Crippen molar-refractivity contribution in [1.82, 2.24) is 9.88 Å². The molecule has 0 aliphatic carbocycles. The molecule has 0 radical (unpaired) electrons. The highest BCUT2D eigenvalue weighted by molar-refractivity contribution is 7.80. The van der Waals surface area contributed by atoms with Crippen LogP contribution in [0.3, 0.4) is 0 Å². The number of hydrogen-bond donors (Lipinski definition) is 2. The molecular formula is C20H19F2N5O2S. The van der Waals surface area contributed by atoms with Crippen LogP contribution in [-0.4, -0.2) is 38.9 Å². The van der Waals surface area contributed by atoms with E-state index < -0.39 is 28.8 Å². The molecule has 156 valence electrons. The number of nitrogens with two attached hydrogens (primary N) is 1. The van der Waals surface area contributed by atoms with Crippen molar-refractivity contribution in [1.29, 1.82) is 0 Å². The first-order chi connectivity index (χ1) is 14.2. The summed E-state index contributed by atoms with van der Waals surface area (Å²) in [4.78, 5) is 32.2. The normalized spacial score (nSPS) is 21.0. The fourth-order valence-electron chi connectivity index (χ4n) is 3.92. The van der Waals surface area contributed by atoms with Gasteiger partial charge < -0.3 is 16.0 Å². The van der Waals surface area contributed by atoms with Crippen LogP contribution >= 0.6 is 12.2 Å². The fourth-order valence-corrected chi connectivity index (χ4v) is 4.39. The number of fused-ring (bicyclic) bond motifs is 1. The third-order valence-electron chi connectivity index (χ3n) is 5.53. The Morgan fingerprint density at radius 2 is 2.07 bits per heavy atom. The molecule has 10 heteroatoms. The van der Waals surface area contributed by atoms with E-state index in [2.05, 4.69) is 10.3 Å². The third kappa shape index (κ3) is 3.17. The number of nitrogens with zero attached hydrogens (tertiary/aromatic N) is 3. The summed E-state index contributed by atoms with van der Waals surface area (Å²) in [5.41, 5.74) is 5.85. The Kier molecular flexibility index (Phi) is 4.89. The minimum atomic E-state index is -1.07. The summed E-state index contributed by atoms with van der Waals surface area (Å²) >= 11 is 5.55. The molecule has 30 heavy (non-hydrogen) atoms. The molecular weight excluding hydrogens is 412 g/mol. The molecule has 1 aromatic heterocycles. The largest absolute Gasteiger partial charge is 0.397 e. The van der Waals surface area contributed by atoms with Gasteiger partial charge in [-0.05, 0) is 56.6 Å². The molecule has 2 saturated heterocycles. The predicted molar refractivity (Wildman–Crippen MR) is 112 cm³/mol. The average Bonchev–Trinajstić information content (AvgIpc) is 2.88. The maximum atomic E-state index is 13.8. The summed E-state index contributed by atoms with van der Waals surface area (Å²) in [5, 5.41) is 2.87. The number of carbonyl (C=O) groups is 2. The minimum absolute atomic E-state index is 0.131. The molecule has 0 bridgehead atoms. The Hall–Kier alpha value is -3.14. The lowest BCUT2D eigenvalue weighted by atomic mass is 9.89. The van der Waals surface area contributed by atoms with Gasteiger partial charge in [0.25, 0.3) is 11.8 Å². The van der Waals surface area contributed by atoms with Gasteiger partial charge in [0.2, 0.25) is 0 Å². The number of carbonyl (C=O) groups excluding carboxylic acids is 2. The molecule has 1 atom stereocenters. The first-order valence-corrected chi connectivity index (χ1v) is 9.81. The van der Waals surface area contributed by atoms with E-state index in [0.717, 1.165) is 19.0 Å². The van der Waals surface area contributed by atoms with E-state index in [1.165, 1.54) is 17.0 Å². The van der Waals surface area contributed by atoms with Crippen molar-refractivity contribution in [2.75, 3.05) is 22.5 Å². The Bertz CT molecular complexity index is 1080. The van der Waals surface area contributed by atoms with Gasteiger partial charge in [-0.3, -0.25) is 14.5 Å². The summed E-state index contributed by atoms with van der Waals surface area (Å²) in [7, 11) is 0. The van der Waals surface area contributed by atoms with Crippen molar-refractivity contribution < 1.29 is 18.4 Å². The molecule has 0 saturated carbocycles. The number of benzene rings is 1. The quantitative estimate of drug-likeness (QED) is 0.573. The van der Waals surface area contributed by atoms with Crippen molar-refractivity contribution in [2.24, 2.45) is 0 Å². The standard InChI is InChI=1S/C20H19F2N5O2S/c1-20-6-2-3-7-26(20)19(30)27(18(20)29)15-5-4-12(9-14(15)23)25-17(28)16-13(22)8-11(21)10-24-16/h4-5,8-10H,2-3,6-7,23H2,1H3,(H,25,28). The van der Waals surface area contributed by atoms with Crippen LogP contribution in [0.15, 0.2) is 30.5 Å². The lowest BCUT2D eigenvalue weighted by Crippen LogP contribution is -2.49. The zero-order valence-corrected chi connectivity index (χ0v) is 16.9. The van der Waals surface area contributed by atoms with E-state index in [4.69, 9.17) is 18.0 Å². The van der Waals surface area contributed by atoms with Crippen molar-refractivity contribution in [3.8, 4) is 0 Å².